The van der Waals surface area contributed by atoms with E-state index in [2.05, 4.69) is 38.7 Å². The van der Waals surface area contributed by atoms with Crippen LogP contribution in [0.3, 0.4) is 0 Å². The van der Waals surface area contributed by atoms with Crippen molar-refractivity contribution in [1.82, 2.24) is 5.32 Å². The van der Waals surface area contributed by atoms with Gasteiger partial charge in [0.15, 0.2) is 0 Å². The Hall–Kier alpha value is -3.65. The second-order valence-electron chi connectivity index (χ2n) is 7.91. The van der Waals surface area contributed by atoms with Crippen LogP contribution in [0, 0.1) is 0 Å². The fraction of sp³-hybridized carbons (Fsp3) is 0.192. The van der Waals surface area contributed by atoms with E-state index < -0.39 is 24.0 Å². The molecule has 7 nitrogen and oxygen atoms in total. The maximum Gasteiger partial charge on any atom is 0.411 e. The van der Waals surface area contributed by atoms with Crippen LogP contribution in [0.1, 0.15) is 40.7 Å². The summed E-state index contributed by atoms with van der Waals surface area (Å²) in [5.41, 5.74) is 4.79. The molecule has 0 saturated heterocycles. The molecule has 0 spiro atoms. The maximum absolute atomic E-state index is 12.7. The monoisotopic (exact) mass is 522 g/mol. The quantitative estimate of drug-likeness (QED) is 0.385. The molecule has 1 aliphatic rings. The Kier molecular flexibility index (Phi) is 6.98. The zero-order valence-electron chi connectivity index (χ0n) is 18.4. The molecule has 2 amide bonds. The summed E-state index contributed by atoms with van der Waals surface area (Å²) in [4.78, 5) is 36.7. The second kappa shape index (κ2) is 10.1. The molecule has 0 saturated carbocycles. The van der Waals surface area contributed by atoms with Crippen LogP contribution >= 0.6 is 15.9 Å². The summed E-state index contributed by atoms with van der Waals surface area (Å²) in [5, 5.41) is 14.3. The molecular weight excluding hydrogens is 500 g/mol. The van der Waals surface area contributed by atoms with Crippen LogP contribution in [-0.2, 0) is 9.53 Å². The summed E-state index contributed by atoms with van der Waals surface area (Å²) < 4.78 is 6.21. The Morgan fingerprint density at radius 2 is 1.62 bits per heavy atom. The lowest BCUT2D eigenvalue weighted by Crippen LogP contribution is -2.40. The lowest BCUT2D eigenvalue weighted by molar-refractivity contribution is -0.139. The van der Waals surface area contributed by atoms with Crippen molar-refractivity contribution in [1.29, 1.82) is 0 Å². The third-order valence-electron chi connectivity index (χ3n) is 5.82. The average Bonchev–Trinajstić information content (AvgIpc) is 3.14. The zero-order valence-corrected chi connectivity index (χ0v) is 20.0. The normalized spacial score (nSPS) is 12.9. The molecule has 3 aromatic rings. The van der Waals surface area contributed by atoms with Gasteiger partial charge in [-0.1, -0.05) is 71.4 Å². The first-order valence-corrected chi connectivity index (χ1v) is 11.6. The highest BCUT2D eigenvalue weighted by molar-refractivity contribution is 9.10. The molecule has 4 rings (SSSR count). The molecule has 0 fully saturated rings. The van der Waals surface area contributed by atoms with E-state index in [1.807, 2.05) is 36.4 Å². The minimum atomic E-state index is -1.13. The molecule has 8 heteroatoms. The van der Waals surface area contributed by atoms with E-state index >= 15 is 0 Å². The van der Waals surface area contributed by atoms with Crippen molar-refractivity contribution in [3.63, 3.8) is 0 Å². The second-order valence-corrected chi connectivity index (χ2v) is 8.83. The summed E-state index contributed by atoms with van der Waals surface area (Å²) in [6.07, 6.45) is -0.480. The van der Waals surface area contributed by atoms with Crippen LogP contribution in [0.2, 0.25) is 0 Å². The van der Waals surface area contributed by atoms with Crippen LogP contribution in [0.25, 0.3) is 11.1 Å². The number of halogens is 1. The molecule has 0 aliphatic heterocycles. The van der Waals surface area contributed by atoms with Gasteiger partial charge in [-0.25, -0.2) is 9.59 Å². The maximum atomic E-state index is 12.7. The molecule has 1 aliphatic carbocycles. The topological polar surface area (TPSA) is 105 Å². The van der Waals surface area contributed by atoms with Gasteiger partial charge in [-0.2, -0.15) is 0 Å². The first-order valence-electron chi connectivity index (χ1n) is 10.8. The zero-order chi connectivity index (χ0) is 24.2. The number of amides is 2. The van der Waals surface area contributed by atoms with Gasteiger partial charge >= 0.3 is 12.1 Å². The van der Waals surface area contributed by atoms with Crippen LogP contribution in [-0.4, -0.2) is 35.7 Å². The van der Waals surface area contributed by atoms with Gasteiger partial charge in [0, 0.05) is 10.4 Å². The Balaban J connectivity index is 1.48. The van der Waals surface area contributed by atoms with Gasteiger partial charge in [0.25, 0.3) is 5.91 Å². The molecule has 0 heterocycles. The smallest absolute Gasteiger partial charge is 0.411 e. The van der Waals surface area contributed by atoms with Gasteiger partial charge in [0.2, 0.25) is 0 Å². The van der Waals surface area contributed by atoms with Gasteiger partial charge in [0.05, 0.1) is 11.3 Å². The van der Waals surface area contributed by atoms with Gasteiger partial charge < -0.3 is 15.2 Å². The predicted molar refractivity (Wildman–Crippen MR) is 132 cm³/mol. The van der Waals surface area contributed by atoms with Crippen LogP contribution < -0.4 is 10.6 Å². The van der Waals surface area contributed by atoms with E-state index in [0.29, 0.717) is 4.47 Å². The fourth-order valence-electron chi connectivity index (χ4n) is 4.14. The Morgan fingerprint density at radius 1 is 1.00 bits per heavy atom. The number of anilines is 1. The third kappa shape index (κ3) is 4.82. The average molecular weight is 523 g/mol. The van der Waals surface area contributed by atoms with E-state index in [9.17, 15) is 19.5 Å². The fourth-order valence-corrected chi connectivity index (χ4v) is 4.50. The van der Waals surface area contributed by atoms with Crippen molar-refractivity contribution in [3.05, 3.63) is 87.9 Å². The number of carboxylic acids is 1. The standard InChI is InChI=1S/C26H23BrN2O5/c1-2-22(25(31)32)28-24(30)20-12-11-15(27)13-23(20)29-26(33)34-14-21-18-9-5-3-7-16(18)17-8-4-6-10-19(17)21/h3-13,21-22H,2,14H2,1H3,(H,28,30)(H,29,33)(H,31,32)/t22-/m0/s1. The number of carbonyl (C=O) groups is 3. The van der Waals surface area contributed by atoms with E-state index in [1.165, 1.54) is 6.07 Å². The highest BCUT2D eigenvalue weighted by Gasteiger charge is 2.29. The predicted octanol–water partition coefficient (Wildman–Crippen LogP) is 5.40. The van der Waals surface area contributed by atoms with Gasteiger partial charge in [-0.15, -0.1) is 0 Å². The molecule has 0 bridgehead atoms. The van der Waals surface area contributed by atoms with Crippen molar-refractivity contribution in [2.24, 2.45) is 0 Å². The number of hydrogen-bond donors (Lipinski definition) is 3. The molecule has 3 N–H and O–H groups in total. The minimum Gasteiger partial charge on any atom is -0.480 e. The van der Waals surface area contributed by atoms with Crippen molar-refractivity contribution in [2.75, 3.05) is 11.9 Å². The number of rotatable bonds is 7. The highest BCUT2D eigenvalue weighted by Crippen LogP contribution is 2.44. The number of carbonyl (C=O) groups excluding carboxylic acids is 2. The van der Waals surface area contributed by atoms with Crippen LogP contribution in [0.4, 0.5) is 10.5 Å². The molecule has 34 heavy (non-hydrogen) atoms. The molecule has 1 atom stereocenters. The molecule has 174 valence electrons. The summed E-state index contributed by atoms with van der Waals surface area (Å²) in [5.74, 6) is -1.82. The van der Waals surface area contributed by atoms with E-state index in [1.54, 1.807) is 19.1 Å². The van der Waals surface area contributed by atoms with Crippen molar-refractivity contribution in [2.45, 2.75) is 25.3 Å². The molecular formula is C26H23BrN2O5. The molecule has 0 aromatic heterocycles. The lowest BCUT2D eigenvalue weighted by atomic mass is 9.98. The summed E-state index contributed by atoms with van der Waals surface area (Å²) in [6, 6.07) is 19.8. The van der Waals surface area contributed by atoms with Crippen molar-refractivity contribution < 1.29 is 24.2 Å². The largest absolute Gasteiger partial charge is 0.480 e. The third-order valence-corrected chi connectivity index (χ3v) is 6.31. The lowest BCUT2D eigenvalue weighted by Gasteiger charge is -2.17. The number of hydrogen-bond acceptors (Lipinski definition) is 4. The SMILES string of the molecule is CC[C@H](NC(=O)c1ccc(Br)cc1NC(=O)OCC1c2ccccc2-c2ccccc21)C(=O)O. The van der Waals surface area contributed by atoms with E-state index in [4.69, 9.17) is 4.74 Å². The number of nitrogens with one attached hydrogen (secondary N) is 2. The van der Waals surface area contributed by atoms with Gasteiger partial charge in [-0.05, 0) is 46.9 Å². The Morgan fingerprint density at radius 3 is 2.21 bits per heavy atom. The summed E-state index contributed by atoms with van der Waals surface area (Å²) in [6.45, 7) is 1.79. The number of carboxylic acid groups (broad SMARTS) is 1. The Labute approximate surface area is 205 Å². The van der Waals surface area contributed by atoms with Crippen molar-refractivity contribution >= 4 is 39.6 Å². The van der Waals surface area contributed by atoms with E-state index in [-0.39, 0.29) is 30.2 Å². The Bertz CT molecular complexity index is 1210. The molecule has 0 unspecified atom stereocenters. The highest BCUT2D eigenvalue weighted by atomic mass is 79.9. The molecule has 3 aromatic carbocycles. The summed E-state index contributed by atoms with van der Waals surface area (Å²) >= 11 is 3.33. The van der Waals surface area contributed by atoms with E-state index in [0.717, 1.165) is 22.3 Å². The molecule has 0 radical (unpaired) electrons. The van der Waals surface area contributed by atoms with Crippen molar-refractivity contribution in [3.8, 4) is 11.1 Å². The first kappa shape index (κ1) is 23.5. The first-order chi connectivity index (χ1) is 16.4. The minimum absolute atomic E-state index is 0.0932. The number of aliphatic carboxylic acids is 1. The summed E-state index contributed by atoms with van der Waals surface area (Å²) in [7, 11) is 0. The van der Waals surface area contributed by atoms with Gasteiger partial charge in [0.1, 0.15) is 12.6 Å². The number of fused-ring (bicyclic) bond motifs is 3. The van der Waals surface area contributed by atoms with Crippen LogP contribution in [0.15, 0.2) is 71.2 Å². The van der Waals surface area contributed by atoms with Crippen LogP contribution in [0.5, 0.6) is 0 Å². The number of ether oxygens (including phenoxy) is 1. The number of benzene rings is 3. The van der Waals surface area contributed by atoms with Gasteiger partial charge in [-0.3, -0.25) is 10.1 Å².